The third kappa shape index (κ3) is 4.73. The summed E-state index contributed by atoms with van der Waals surface area (Å²) < 4.78 is 11.7. The van der Waals surface area contributed by atoms with Gasteiger partial charge >= 0.3 is 0 Å². The van der Waals surface area contributed by atoms with E-state index in [4.69, 9.17) is 9.47 Å². The molecule has 0 spiro atoms. The Morgan fingerprint density at radius 3 is 2.43 bits per heavy atom. The predicted molar refractivity (Wildman–Crippen MR) is 105 cm³/mol. The molecule has 3 aliphatic rings. The number of carbonyl (C=O) groups excluding carboxylic acids is 2. The molecule has 1 aromatic rings. The van der Waals surface area contributed by atoms with Crippen molar-refractivity contribution in [2.75, 3.05) is 39.4 Å². The third-order valence-corrected chi connectivity index (χ3v) is 5.83. The number of nitrogens with zero attached hydrogens (tertiary/aromatic N) is 2. The van der Waals surface area contributed by atoms with E-state index in [9.17, 15) is 9.59 Å². The number of hydrogen-bond donors (Lipinski definition) is 0. The van der Waals surface area contributed by atoms with Gasteiger partial charge in [0.05, 0.1) is 18.8 Å². The minimum absolute atomic E-state index is 0.00439. The van der Waals surface area contributed by atoms with Crippen LogP contribution in [0.15, 0.2) is 24.3 Å². The van der Waals surface area contributed by atoms with E-state index in [0.29, 0.717) is 38.3 Å². The smallest absolute Gasteiger partial charge is 0.254 e. The number of rotatable bonds is 6. The summed E-state index contributed by atoms with van der Waals surface area (Å²) in [7, 11) is 0. The molecule has 3 fully saturated rings. The van der Waals surface area contributed by atoms with Gasteiger partial charge in [0, 0.05) is 44.3 Å². The zero-order chi connectivity index (χ0) is 19.5. The van der Waals surface area contributed by atoms with Crippen LogP contribution in [0.25, 0.3) is 0 Å². The lowest BCUT2D eigenvalue weighted by Gasteiger charge is -2.36. The highest BCUT2D eigenvalue weighted by Gasteiger charge is 2.36. The van der Waals surface area contributed by atoms with Crippen molar-refractivity contribution in [2.45, 2.75) is 44.8 Å². The highest BCUT2D eigenvalue weighted by Crippen LogP contribution is 2.31. The molecular weight excluding hydrogens is 356 g/mol. The number of morpholine rings is 1. The van der Waals surface area contributed by atoms with Gasteiger partial charge in [-0.15, -0.1) is 0 Å². The second-order valence-electron chi connectivity index (χ2n) is 8.26. The van der Waals surface area contributed by atoms with Crippen molar-refractivity contribution in [3.63, 3.8) is 0 Å². The quantitative estimate of drug-likeness (QED) is 0.752. The van der Waals surface area contributed by atoms with Gasteiger partial charge in [-0.05, 0) is 44.7 Å². The lowest BCUT2D eigenvalue weighted by molar-refractivity contribution is -0.140. The van der Waals surface area contributed by atoms with Crippen LogP contribution in [0.4, 0.5) is 0 Å². The summed E-state index contributed by atoms with van der Waals surface area (Å²) in [6.45, 7) is 5.60. The molecule has 2 saturated heterocycles. The minimum atomic E-state index is -0.146. The van der Waals surface area contributed by atoms with Gasteiger partial charge in [0.25, 0.3) is 5.91 Å². The topological polar surface area (TPSA) is 59.1 Å². The fraction of sp³-hybridized carbons (Fsp3) is 0.636. The molecule has 2 unspecified atom stereocenters. The molecule has 1 aromatic carbocycles. The minimum Gasteiger partial charge on any atom is -0.376 e. The van der Waals surface area contributed by atoms with E-state index in [1.807, 2.05) is 41.0 Å². The first-order chi connectivity index (χ1) is 13.6. The van der Waals surface area contributed by atoms with Crippen molar-refractivity contribution in [3.05, 3.63) is 35.4 Å². The molecule has 2 heterocycles. The van der Waals surface area contributed by atoms with Gasteiger partial charge in [-0.2, -0.15) is 0 Å². The number of hydrogen-bond acceptors (Lipinski definition) is 4. The largest absolute Gasteiger partial charge is 0.376 e. The van der Waals surface area contributed by atoms with E-state index in [0.717, 1.165) is 37.9 Å². The van der Waals surface area contributed by atoms with Crippen LogP contribution in [0.1, 0.15) is 41.6 Å². The van der Waals surface area contributed by atoms with Crippen molar-refractivity contribution >= 4 is 11.8 Å². The van der Waals surface area contributed by atoms with Gasteiger partial charge in [-0.3, -0.25) is 9.59 Å². The molecule has 2 aliphatic heterocycles. The van der Waals surface area contributed by atoms with E-state index >= 15 is 0 Å². The SMILES string of the molecule is Cc1ccc(C(=O)N(CC2CCCO2)CC2CN(C(=O)C3CC3)CCO2)cc1. The molecule has 0 radical (unpaired) electrons. The molecule has 2 amide bonds. The van der Waals surface area contributed by atoms with Crippen LogP contribution in [-0.4, -0.2) is 73.2 Å². The molecule has 1 saturated carbocycles. The van der Waals surface area contributed by atoms with Crippen LogP contribution < -0.4 is 0 Å². The van der Waals surface area contributed by atoms with Gasteiger partial charge in [0.1, 0.15) is 0 Å². The van der Waals surface area contributed by atoms with Crippen LogP contribution in [0.3, 0.4) is 0 Å². The second-order valence-corrected chi connectivity index (χ2v) is 8.26. The molecule has 0 aromatic heterocycles. The van der Waals surface area contributed by atoms with Crippen LogP contribution in [0.5, 0.6) is 0 Å². The molecule has 152 valence electrons. The average molecular weight is 386 g/mol. The van der Waals surface area contributed by atoms with E-state index in [-0.39, 0.29) is 29.9 Å². The fourth-order valence-electron chi connectivity index (χ4n) is 4.02. The predicted octanol–water partition coefficient (Wildman–Crippen LogP) is 2.25. The second kappa shape index (κ2) is 8.62. The van der Waals surface area contributed by atoms with Gasteiger partial charge in [-0.25, -0.2) is 0 Å². The molecule has 2 atom stereocenters. The maximum atomic E-state index is 13.2. The molecule has 1 aliphatic carbocycles. The lowest BCUT2D eigenvalue weighted by Crippen LogP contribution is -2.52. The Hall–Kier alpha value is -1.92. The van der Waals surface area contributed by atoms with E-state index in [2.05, 4.69) is 0 Å². The first kappa shape index (κ1) is 19.4. The number of carbonyl (C=O) groups is 2. The Balaban J connectivity index is 1.44. The summed E-state index contributed by atoms with van der Waals surface area (Å²) in [4.78, 5) is 29.4. The number of aryl methyl sites for hydroxylation is 1. The lowest BCUT2D eigenvalue weighted by atomic mass is 10.1. The molecule has 6 nitrogen and oxygen atoms in total. The number of ether oxygens (including phenoxy) is 2. The Morgan fingerprint density at radius 2 is 1.75 bits per heavy atom. The molecule has 0 bridgehead atoms. The summed E-state index contributed by atoms with van der Waals surface area (Å²) >= 11 is 0. The van der Waals surface area contributed by atoms with Crippen molar-refractivity contribution < 1.29 is 19.1 Å². The fourth-order valence-corrected chi connectivity index (χ4v) is 4.02. The third-order valence-electron chi connectivity index (χ3n) is 5.83. The average Bonchev–Trinajstić information content (AvgIpc) is 3.44. The van der Waals surface area contributed by atoms with Crippen LogP contribution in [0, 0.1) is 12.8 Å². The highest BCUT2D eigenvalue weighted by molar-refractivity contribution is 5.94. The Kier molecular flexibility index (Phi) is 5.97. The zero-order valence-corrected chi connectivity index (χ0v) is 16.6. The highest BCUT2D eigenvalue weighted by atomic mass is 16.5. The summed E-state index contributed by atoms with van der Waals surface area (Å²) in [5.41, 5.74) is 1.82. The monoisotopic (exact) mass is 386 g/mol. The first-order valence-corrected chi connectivity index (χ1v) is 10.5. The molecular formula is C22H30N2O4. The molecule has 28 heavy (non-hydrogen) atoms. The Morgan fingerprint density at radius 1 is 1.04 bits per heavy atom. The van der Waals surface area contributed by atoms with E-state index in [1.165, 1.54) is 0 Å². The van der Waals surface area contributed by atoms with Gasteiger partial charge in [0.15, 0.2) is 0 Å². The van der Waals surface area contributed by atoms with Crippen LogP contribution in [0.2, 0.25) is 0 Å². The van der Waals surface area contributed by atoms with Crippen molar-refractivity contribution in [1.82, 2.24) is 9.80 Å². The van der Waals surface area contributed by atoms with E-state index in [1.54, 1.807) is 0 Å². The van der Waals surface area contributed by atoms with Crippen LogP contribution in [-0.2, 0) is 14.3 Å². The number of benzene rings is 1. The molecule has 6 heteroatoms. The Bertz CT molecular complexity index is 695. The maximum absolute atomic E-state index is 13.2. The van der Waals surface area contributed by atoms with Crippen molar-refractivity contribution in [2.24, 2.45) is 5.92 Å². The Labute approximate surface area is 166 Å². The standard InChI is InChI=1S/C22H30N2O4/c1-16-4-6-17(7-5-16)22(26)24(13-19-3-2-11-27-19)15-20-14-23(10-12-28-20)21(25)18-8-9-18/h4-7,18-20H,2-3,8-15H2,1H3. The van der Waals surface area contributed by atoms with E-state index < -0.39 is 0 Å². The van der Waals surface area contributed by atoms with Gasteiger partial charge in [0.2, 0.25) is 5.91 Å². The van der Waals surface area contributed by atoms with Gasteiger partial charge < -0.3 is 19.3 Å². The first-order valence-electron chi connectivity index (χ1n) is 10.5. The zero-order valence-electron chi connectivity index (χ0n) is 16.6. The summed E-state index contributed by atoms with van der Waals surface area (Å²) in [6.07, 6.45) is 3.99. The normalized spacial score (nSPS) is 25.0. The van der Waals surface area contributed by atoms with Crippen molar-refractivity contribution in [1.29, 1.82) is 0 Å². The van der Waals surface area contributed by atoms with Gasteiger partial charge in [-0.1, -0.05) is 17.7 Å². The maximum Gasteiger partial charge on any atom is 0.254 e. The summed E-state index contributed by atoms with van der Waals surface area (Å²) in [5.74, 6) is 0.476. The molecule has 4 rings (SSSR count). The summed E-state index contributed by atoms with van der Waals surface area (Å²) in [6, 6.07) is 7.69. The molecule has 0 N–H and O–H groups in total. The van der Waals surface area contributed by atoms with Crippen molar-refractivity contribution in [3.8, 4) is 0 Å². The number of amides is 2. The summed E-state index contributed by atoms with van der Waals surface area (Å²) in [5, 5.41) is 0. The van der Waals surface area contributed by atoms with Crippen LogP contribution >= 0.6 is 0 Å².